The Kier molecular flexibility index (Phi) is 5.00. The number of carbonyl (C=O) groups is 1. The Morgan fingerprint density at radius 1 is 1.19 bits per heavy atom. The van der Waals surface area contributed by atoms with E-state index in [9.17, 15) is 4.79 Å². The average molecular weight is 381 g/mol. The predicted molar refractivity (Wildman–Crippen MR) is 108 cm³/mol. The van der Waals surface area contributed by atoms with Crippen molar-refractivity contribution in [2.45, 2.75) is 51.1 Å². The average Bonchev–Trinajstić information content (AvgIpc) is 3.02. The van der Waals surface area contributed by atoms with Gasteiger partial charge in [0.25, 0.3) is 5.78 Å². The van der Waals surface area contributed by atoms with Gasteiger partial charge in [0.1, 0.15) is 0 Å². The molecule has 140 valence electrons. The highest BCUT2D eigenvalue weighted by Gasteiger charge is 2.28. The number of aromatic nitrogens is 4. The van der Waals surface area contributed by atoms with Crippen LogP contribution >= 0.6 is 11.8 Å². The lowest BCUT2D eigenvalue weighted by Gasteiger charge is -2.23. The molecule has 0 fully saturated rings. The molecule has 27 heavy (non-hydrogen) atoms. The minimum absolute atomic E-state index is 0.140. The van der Waals surface area contributed by atoms with Crippen LogP contribution in [-0.4, -0.2) is 31.1 Å². The summed E-state index contributed by atoms with van der Waals surface area (Å²) in [5, 5.41) is 5.22. The first kappa shape index (κ1) is 18.2. The molecule has 4 rings (SSSR count). The van der Waals surface area contributed by atoms with Crippen LogP contribution in [0.2, 0.25) is 0 Å². The molecule has 5 nitrogen and oxygen atoms in total. The number of fused-ring (bicyclic) bond motifs is 2. The van der Waals surface area contributed by atoms with Crippen molar-refractivity contribution < 1.29 is 4.79 Å². The number of aryl methyl sites for hydroxylation is 1. The third-order valence-electron chi connectivity index (χ3n) is 5.04. The summed E-state index contributed by atoms with van der Waals surface area (Å²) in [6.07, 6.45) is 4.23. The maximum Gasteiger partial charge on any atom is 0.253 e. The van der Waals surface area contributed by atoms with Crippen molar-refractivity contribution >= 4 is 23.3 Å². The SMILES string of the molecule is Cc1ccc(C2CC(=O)c3cn4nc(SCCC(C)C)nc4nc3C2)cc1. The summed E-state index contributed by atoms with van der Waals surface area (Å²) in [6.45, 7) is 6.50. The van der Waals surface area contributed by atoms with E-state index < -0.39 is 0 Å². The second-order valence-electron chi connectivity index (χ2n) is 7.71. The zero-order valence-electron chi connectivity index (χ0n) is 16.0. The van der Waals surface area contributed by atoms with Gasteiger partial charge in [-0.1, -0.05) is 55.4 Å². The largest absolute Gasteiger partial charge is 0.294 e. The molecule has 0 amide bonds. The molecular weight excluding hydrogens is 356 g/mol. The highest BCUT2D eigenvalue weighted by Crippen LogP contribution is 2.32. The van der Waals surface area contributed by atoms with Gasteiger partial charge in [-0.2, -0.15) is 4.98 Å². The fraction of sp³-hybridized carbons (Fsp3) is 0.429. The third kappa shape index (κ3) is 3.90. The van der Waals surface area contributed by atoms with E-state index in [0.717, 1.165) is 29.4 Å². The van der Waals surface area contributed by atoms with Gasteiger partial charge in [0.15, 0.2) is 5.78 Å². The molecule has 2 aromatic heterocycles. The first-order chi connectivity index (χ1) is 13.0. The van der Waals surface area contributed by atoms with Crippen molar-refractivity contribution in [1.82, 2.24) is 19.6 Å². The van der Waals surface area contributed by atoms with Crippen LogP contribution in [0.25, 0.3) is 5.78 Å². The summed E-state index contributed by atoms with van der Waals surface area (Å²) in [5.74, 6) is 2.56. The van der Waals surface area contributed by atoms with Gasteiger partial charge in [-0.15, -0.1) is 5.10 Å². The van der Waals surface area contributed by atoms with E-state index in [0.29, 0.717) is 23.7 Å². The number of thioether (sulfide) groups is 1. The first-order valence-electron chi connectivity index (χ1n) is 9.48. The Bertz CT molecular complexity index is 978. The van der Waals surface area contributed by atoms with Gasteiger partial charge >= 0.3 is 0 Å². The fourth-order valence-corrected chi connectivity index (χ4v) is 4.45. The molecule has 0 saturated carbocycles. The summed E-state index contributed by atoms with van der Waals surface area (Å²) in [6, 6.07) is 8.45. The molecule has 0 spiro atoms. The second-order valence-corrected chi connectivity index (χ2v) is 8.77. The molecule has 0 saturated heterocycles. The smallest absolute Gasteiger partial charge is 0.253 e. The van der Waals surface area contributed by atoms with Crippen LogP contribution in [0.3, 0.4) is 0 Å². The van der Waals surface area contributed by atoms with Crippen LogP contribution in [0.4, 0.5) is 0 Å². The van der Waals surface area contributed by atoms with Gasteiger partial charge in [-0.05, 0) is 37.2 Å². The Labute approximate surface area is 163 Å². The number of benzene rings is 1. The highest BCUT2D eigenvalue weighted by molar-refractivity contribution is 7.99. The lowest BCUT2D eigenvalue weighted by atomic mass is 9.82. The van der Waals surface area contributed by atoms with Gasteiger partial charge in [-0.3, -0.25) is 4.79 Å². The van der Waals surface area contributed by atoms with E-state index in [1.54, 1.807) is 16.3 Å². The highest BCUT2D eigenvalue weighted by atomic mass is 32.2. The summed E-state index contributed by atoms with van der Waals surface area (Å²) in [5.41, 5.74) is 3.96. The maximum atomic E-state index is 12.7. The Balaban J connectivity index is 1.59. The number of Topliss-reactive ketones (excluding diaryl/α,β-unsaturated/α-hetero) is 1. The number of rotatable bonds is 5. The molecule has 1 unspecified atom stereocenters. The normalized spacial score (nSPS) is 16.9. The molecule has 3 aromatic rings. The topological polar surface area (TPSA) is 60.2 Å². The van der Waals surface area contributed by atoms with Crippen LogP contribution < -0.4 is 0 Å². The fourth-order valence-electron chi connectivity index (χ4n) is 3.39. The maximum absolute atomic E-state index is 12.7. The van der Waals surface area contributed by atoms with Crippen LogP contribution in [0, 0.1) is 12.8 Å². The Morgan fingerprint density at radius 2 is 1.96 bits per heavy atom. The summed E-state index contributed by atoms with van der Waals surface area (Å²) < 4.78 is 1.65. The van der Waals surface area contributed by atoms with Gasteiger partial charge in [0, 0.05) is 18.4 Å². The molecule has 0 bridgehead atoms. The van der Waals surface area contributed by atoms with E-state index in [1.165, 1.54) is 11.1 Å². The molecule has 6 heteroatoms. The van der Waals surface area contributed by atoms with E-state index in [-0.39, 0.29) is 11.7 Å². The summed E-state index contributed by atoms with van der Waals surface area (Å²) >= 11 is 1.65. The third-order valence-corrected chi connectivity index (χ3v) is 5.91. The van der Waals surface area contributed by atoms with Gasteiger partial charge in [0.05, 0.1) is 11.3 Å². The molecule has 2 heterocycles. The number of ketones is 1. The Hall–Kier alpha value is -2.21. The summed E-state index contributed by atoms with van der Waals surface area (Å²) in [4.78, 5) is 21.9. The molecule has 0 radical (unpaired) electrons. The van der Waals surface area contributed by atoms with Crippen molar-refractivity contribution in [3.63, 3.8) is 0 Å². The van der Waals surface area contributed by atoms with Crippen LogP contribution in [0.15, 0.2) is 35.6 Å². The quantitative estimate of drug-likeness (QED) is 0.611. The van der Waals surface area contributed by atoms with E-state index in [4.69, 9.17) is 0 Å². The number of carbonyl (C=O) groups excluding carboxylic acids is 1. The molecule has 0 aliphatic heterocycles. The molecule has 1 atom stereocenters. The zero-order valence-corrected chi connectivity index (χ0v) is 16.8. The lowest BCUT2D eigenvalue weighted by molar-refractivity contribution is 0.0962. The number of hydrogen-bond donors (Lipinski definition) is 0. The first-order valence-corrected chi connectivity index (χ1v) is 10.5. The van der Waals surface area contributed by atoms with E-state index >= 15 is 0 Å². The van der Waals surface area contributed by atoms with Gasteiger partial charge in [-0.25, -0.2) is 9.50 Å². The summed E-state index contributed by atoms with van der Waals surface area (Å²) in [7, 11) is 0. The number of nitrogens with zero attached hydrogens (tertiary/aromatic N) is 4. The van der Waals surface area contributed by atoms with Crippen LogP contribution in [-0.2, 0) is 6.42 Å². The predicted octanol–water partition coefficient (Wildman–Crippen LogP) is 4.48. The van der Waals surface area contributed by atoms with Crippen molar-refractivity contribution in [3.05, 3.63) is 52.8 Å². The van der Waals surface area contributed by atoms with Gasteiger partial charge < -0.3 is 0 Å². The van der Waals surface area contributed by atoms with Gasteiger partial charge in [0.2, 0.25) is 5.16 Å². The van der Waals surface area contributed by atoms with Crippen molar-refractivity contribution in [2.24, 2.45) is 5.92 Å². The standard InChI is InChI=1S/C21H24N4OS/c1-13(2)8-9-27-21-23-20-22-18-10-16(15-6-4-14(3)5-7-15)11-19(26)17(18)12-25(20)24-21/h4-7,12-13,16H,8-11H2,1-3H3. The van der Waals surface area contributed by atoms with Crippen molar-refractivity contribution in [3.8, 4) is 0 Å². The molecule has 0 N–H and O–H groups in total. The lowest BCUT2D eigenvalue weighted by Crippen LogP contribution is -2.21. The zero-order chi connectivity index (χ0) is 19.0. The van der Waals surface area contributed by atoms with E-state index in [2.05, 4.69) is 60.1 Å². The van der Waals surface area contributed by atoms with Crippen LogP contribution in [0.5, 0.6) is 0 Å². The molecule has 1 aliphatic rings. The van der Waals surface area contributed by atoms with E-state index in [1.807, 2.05) is 6.20 Å². The molecular formula is C21H24N4OS. The molecule has 1 aliphatic carbocycles. The Morgan fingerprint density at radius 3 is 2.70 bits per heavy atom. The van der Waals surface area contributed by atoms with Crippen molar-refractivity contribution in [2.75, 3.05) is 5.75 Å². The number of hydrogen-bond acceptors (Lipinski definition) is 5. The minimum Gasteiger partial charge on any atom is -0.294 e. The molecule has 1 aromatic carbocycles. The second kappa shape index (κ2) is 7.43. The van der Waals surface area contributed by atoms with Crippen molar-refractivity contribution in [1.29, 1.82) is 0 Å². The minimum atomic E-state index is 0.140. The monoisotopic (exact) mass is 380 g/mol. The van der Waals surface area contributed by atoms with Crippen LogP contribution in [0.1, 0.15) is 59.8 Å².